The van der Waals surface area contributed by atoms with Crippen LogP contribution in [-0.4, -0.2) is 43.9 Å². The van der Waals surface area contributed by atoms with Gasteiger partial charge in [-0.15, -0.1) is 0 Å². The van der Waals surface area contributed by atoms with E-state index < -0.39 is 0 Å². The minimum absolute atomic E-state index is 0.601. The molecule has 0 aromatic heterocycles. The summed E-state index contributed by atoms with van der Waals surface area (Å²) in [5.74, 6) is 0. The van der Waals surface area contributed by atoms with Crippen molar-refractivity contribution in [2.45, 2.75) is 37.5 Å². The highest BCUT2D eigenvalue weighted by atomic mass is 16.6. The van der Waals surface area contributed by atoms with Crippen LogP contribution < -0.4 is 0 Å². The van der Waals surface area contributed by atoms with Crippen molar-refractivity contribution < 1.29 is 9.22 Å². The molecule has 0 radical (unpaired) electrons. The molecule has 0 spiro atoms. The Kier molecular flexibility index (Phi) is 1.52. The lowest BCUT2D eigenvalue weighted by molar-refractivity contribution is -0.897. The van der Waals surface area contributed by atoms with Gasteiger partial charge >= 0.3 is 0 Å². The van der Waals surface area contributed by atoms with Gasteiger partial charge in [-0.1, -0.05) is 0 Å². The van der Waals surface area contributed by atoms with Gasteiger partial charge in [-0.25, -0.2) is 0 Å². The minimum Gasteiger partial charge on any atom is -0.363 e. The van der Waals surface area contributed by atoms with Gasteiger partial charge in [0.15, 0.2) is 0 Å². The van der Waals surface area contributed by atoms with Crippen LogP contribution in [0, 0.1) is 0 Å². The molecule has 0 N–H and O–H groups in total. The maximum Gasteiger partial charge on any atom is 0.136 e. The molecule has 1 heterocycles. The smallest absolute Gasteiger partial charge is 0.136 e. The average molecular weight is 156 g/mol. The van der Waals surface area contributed by atoms with Crippen molar-refractivity contribution >= 4 is 0 Å². The van der Waals surface area contributed by atoms with Crippen LogP contribution >= 0.6 is 0 Å². The van der Waals surface area contributed by atoms with Gasteiger partial charge in [-0.05, 0) is 12.8 Å². The number of likely N-dealkylation sites (N-methyl/N-ethyl adjacent to an activating group) is 1. The van der Waals surface area contributed by atoms with Gasteiger partial charge in [0.1, 0.15) is 12.1 Å². The van der Waals surface area contributed by atoms with Crippen LogP contribution in [0.5, 0.6) is 0 Å². The van der Waals surface area contributed by atoms with Gasteiger partial charge in [-0.3, -0.25) is 0 Å². The van der Waals surface area contributed by atoms with E-state index in [-0.39, 0.29) is 0 Å². The Balaban J connectivity index is 2.03. The molecule has 2 rings (SSSR count). The normalized spacial score (nSPS) is 43.4. The van der Waals surface area contributed by atoms with Gasteiger partial charge in [0.25, 0.3) is 0 Å². The second-order valence-electron chi connectivity index (χ2n) is 4.75. The van der Waals surface area contributed by atoms with E-state index in [1.807, 2.05) is 0 Å². The zero-order chi connectivity index (χ0) is 8.06. The van der Waals surface area contributed by atoms with Crippen molar-refractivity contribution in [3.8, 4) is 0 Å². The SMILES string of the molecule is C[N+](C)(C)[C@@H]1CCC[C@@H]2O[C@@H]21. The fraction of sp³-hybridized carbons (Fsp3) is 1.00. The molecule has 11 heavy (non-hydrogen) atoms. The van der Waals surface area contributed by atoms with E-state index in [9.17, 15) is 0 Å². The molecule has 1 aliphatic heterocycles. The van der Waals surface area contributed by atoms with Crippen LogP contribution in [0.2, 0.25) is 0 Å². The summed E-state index contributed by atoms with van der Waals surface area (Å²) in [5.41, 5.74) is 0. The van der Waals surface area contributed by atoms with Gasteiger partial charge in [0.05, 0.1) is 27.2 Å². The van der Waals surface area contributed by atoms with E-state index in [0.29, 0.717) is 12.2 Å². The highest BCUT2D eigenvalue weighted by Crippen LogP contribution is 2.39. The lowest BCUT2D eigenvalue weighted by Gasteiger charge is -2.34. The van der Waals surface area contributed by atoms with E-state index in [1.54, 1.807) is 0 Å². The maximum absolute atomic E-state index is 5.60. The summed E-state index contributed by atoms with van der Waals surface area (Å²) in [4.78, 5) is 0. The van der Waals surface area contributed by atoms with Gasteiger partial charge in [-0.2, -0.15) is 0 Å². The summed E-state index contributed by atoms with van der Waals surface area (Å²) in [5, 5.41) is 0. The standard InChI is InChI=1S/C9H18NO/c1-10(2,3)7-5-4-6-8-9(7)11-8/h7-9H,4-6H2,1-3H3/q+1/t7-,8+,9-/m1/s1. The highest BCUT2D eigenvalue weighted by Gasteiger charge is 2.52. The second-order valence-corrected chi connectivity index (χ2v) is 4.75. The molecule has 2 fully saturated rings. The molecule has 0 bridgehead atoms. The van der Waals surface area contributed by atoms with Crippen molar-refractivity contribution in [2.24, 2.45) is 0 Å². The lowest BCUT2D eigenvalue weighted by atomic mass is 9.94. The van der Waals surface area contributed by atoms with E-state index in [1.165, 1.54) is 19.3 Å². The quantitative estimate of drug-likeness (QED) is 0.408. The molecular formula is C9H18NO+. The van der Waals surface area contributed by atoms with Crippen LogP contribution in [0.25, 0.3) is 0 Å². The molecule has 0 aromatic carbocycles. The summed E-state index contributed by atoms with van der Waals surface area (Å²) in [6.45, 7) is 0. The van der Waals surface area contributed by atoms with Crippen LogP contribution in [0.3, 0.4) is 0 Å². The average Bonchev–Trinajstić information content (AvgIpc) is 2.60. The number of nitrogens with zero attached hydrogens (tertiary/aromatic N) is 1. The van der Waals surface area contributed by atoms with Crippen molar-refractivity contribution in [2.75, 3.05) is 21.1 Å². The number of hydrogen-bond acceptors (Lipinski definition) is 1. The van der Waals surface area contributed by atoms with E-state index in [4.69, 9.17) is 4.74 Å². The maximum atomic E-state index is 5.60. The fourth-order valence-corrected chi connectivity index (χ4v) is 2.25. The van der Waals surface area contributed by atoms with Crippen LogP contribution in [0.4, 0.5) is 0 Å². The molecular weight excluding hydrogens is 138 g/mol. The van der Waals surface area contributed by atoms with E-state index in [2.05, 4.69) is 21.1 Å². The third-order valence-corrected chi connectivity index (χ3v) is 2.98. The first-order valence-corrected chi connectivity index (χ1v) is 4.55. The van der Waals surface area contributed by atoms with Crippen molar-refractivity contribution in [1.82, 2.24) is 0 Å². The molecule has 2 aliphatic rings. The Labute approximate surface area is 68.7 Å². The first-order valence-electron chi connectivity index (χ1n) is 4.55. The Morgan fingerprint density at radius 2 is 1.91 bits per heavy atom. The molecule has 1 saturated carbocycles. The molecule has 2 heteroatoms. The van der Waals surface area contributed by atoms with Gasteiger partial charge < -0.3 is 9.22 Å². The second kappa shape index (κ2) is 2.20. The van der Waals surface area contributed by atoms with Gasteiger partial charge in [0, 0.05) is 6.42 Å². The zero-order valence-corrected chi connectivity index (χ0v) is 7.71. The molecule has 1 aliphatic carbocycles. The molecule has 0 aromatic rings. The van der Waals surface area contributed by atoms with Crippen LogP contribution in [-0.2, 0) is 4.74 Å². The zero-order valence-electron chi connectivity index (χ0n) is 7.71. The molecule has 0 amide bonds. The number of epoxide rings is 1. The van der Waals surface area contributed by atoms with E-state index in [0.717, 1.165) is 10.5 Å². The Morgan fingerprint density at radius 1 is 1.18 bits per heavy atom. The number of quaternary nitrogens is 1. The number of ether oxygens (including phenoxy) is 1. The summed E-state index contributed by atoms with van der Waals surface area (Å²) in [7, 11) is 6.82. The first-order chi connectivity index (χ1) is 5.09. The van der Waals surface area contributed by atoms with Crippen molar-refractivity contribution in [3.05, 3.63) is 0 Å². The Hall–Kier alpha value is -0.0800. The monoisotopic (exact) mass is 156 g/mol. The number of rotatable bonds is 1. The predicted molar refractivity (Wildman–Crippen MR) is 44.3 cm³/mol. The van der Waals surface area contributed by atoms with Crippen molar-refractivity contribution in [3.63, 3.8) is 0 Å². The molecule has 2 nitrogen and oxygen atoms in total. The molecule has 64 valence electrons. The Bertz CT molecular complexity index is 161. The summed E-state index contributed by atoms with van der Waals surface area (Å²) in [6, 6.07) is 0.758. The predicted octanol–water partition coefficient (Wildman–Crippen LogP) is 1.01. The third-order valence-electron chi connectivity index (χ3n) is 2.98. The van der Waals surface area contributed by atoms with Crippen molar-refractivity contribution in [1.29, 1.82) is 0 Å². The molecule has 3 atom stereocenters. The fourth-order valence-electron chi connectivity index (χ4n) is 2.25. The van der Waals surface area contributed by atoms with Crippen LogP contribution in [0.15, 0.2) is 0 Å². The number of fused-ring (bicyclic) bond motifs is 1. The number of hydrogen-bond donors (Lipinski definition) is 0. The third kappa shape index (κ3) is 1.30. The van der Waals surface area contributed by atoms with Gasteiger partial charge in [0.2, 0.25) is 0 Å². The van der Waals surface area contributed by atoms with Crippen LogP contribution in [0.1, 0.15) is 19.3 Å². The summed E-state index contributed by atoms with van der Waals surface area (Å²) in [6.07, 6.45) is 5.25. The highest BCUT2D eigenvalue weighted by molar-refractivity contribution is 4.95. The lowest BCUT2D eigenvalue weighted by Crippen LogP contribution is -2.49. The summed E-state index contributed by atoms with van der Waals surface area (Å²) >= 11 is 0. The summed E-state index contributed by atoms with van der Waals surface area (Å²) < 4.78 is 6.67. The largest absolute Gasteiger partial charge is 0.363 e. The minimum atomic E-state index is 0.601. The molecule has 0 unspecified atom stereocenters. The van der Waals surface area contributed by atoms with E-state index >= 15 is 0 Å². The topological polar surface area (TPSA) is 12.5 Å². The Morgan fingerprint density at radius 3 is 2.45 bits per heavy atom. The molecule has 1 saturated heterocycles. The first kappa shape index (κ1) is 7.56.